The van der Waals surface area contributed by atoms with Crippen molar-refractivity contribution >= 4 is 12.6 Å². The minimum atomic E-state index is 0.914. The van der Waals surface area contributed by atoms with E-state index in [0.29, 0.717) is 0 Å². The molecular weight excluding hydrogens is 230 g/mol. The Labute approximate surface area is 110 Å². The van der Waals surface area contributed by atoms with E-state index in [1.54, 1.807) is 7.11 Å². The van der Waals surface area contributed by atoms with E-state index in [4.69, 9.17) is 4.74 Å². The number of thiol groups is 1. The third-order valence-corrected chi connectivity index (χ3v) is 3.30. The van der Waals surface area contributed by atoms with E-state index in [2.05, 4.69) is 50.6 Å². The van der Waals surface area contributed by atoms with Crippen LogP contribution in [0.5, 0.6) is 5.75 Å². The fourth-order valence-electron chi connectivity index (χ4n) is 1.93. The number of ether oxygens (including phenoxy) is 1. The minimum Gasteiger partial charge on any atom is -0.496 e. The molecule has 0 atom stereocenters. The molecule has 0 saturated carbocycles. The summed E-state index contributed by atoms with van der Waals surface area (Å²) in [5.41, 5.74) is 3.94. The minimum absolute atomic E-state index is 0.914. The van der Waals surface area contributed by atoms with Gasteiger partial charge in [-0.25, -0.2) is 0 Å². The van der Waals surface area contributed by atoms with Gasteiger partial charge in [-0.2, -0.15) is 12.6 Å². The highest BCUT2D eigenvalue weighted by Crippen LogP contribution is 2.22. The second kappa shape index (κ2) is 6.92. The average Bonchev–Trinajstić information content (AvgIpc) is 2.30. The van der Waals surface area contributed by atoms with Crippen molar-refractivity contribution in [3.63, 3.8) is 0 Å². The van der Waals surface area contributed by atoms with Gasteiger partial charge in [0.1, 0.15) is 5.75 Å². The molecular formula is C14H23NOS. The summed E-state index contributed by atoms with van der Waals surface area (Å²) < 4.78 is 5.32. The van der Waals surface area contributed by atoms with E-state index in [-0.39, 0.29) is 0 Å². The lowest BCUT2D eigenvalue weighted by atomic mass is 10.0. The van der Waals surface area contributed by atoms with Gasteiger partial charge in [-0.15, -0.1) is 0 Å². The number of hydrogen-bond acceptors (Lipinski definition) is 3. The number of likely N-dealkylation sites (N-methyl/N-ethyl adjacent to an activating group) is 1. The van der Waals surface area contributed by atoms with Crippen LogP contribution in [-0.4, -0.2) is 37.9 Å². The van der Waals surface area contributed by atoms with Crippen molar-refractivity contribution in [1.29, 1.82) is 0 Å². The molecule has 0 fully saturated rings. The van der Waals surface area contributed by atoms with E-state index < -0.39 is 0 Å². The number of hydrogen-bond donors (Lipinski definition) is 1. The van der Waals surface area contributed by atoms with E-state index in [1.807, 2.05) is 0 Å². The number of nitrogens with zero attached hydrogens (tertiary/aromatic N) is 1. The van der Waals surface area contributed by atoms with Crippen molar-refractivity contribution in [2.75, 3.05) is 33.0 Å². The largest absolute Gasteiger partial charge is 0.496 e. The molecule has 1 aromatic rings. The fourth-order valence-corrected chi connectivity index (χ4v) is 2.27. The second-order valence-corrected chi connectivity index (χ2v) is 4.97. The van der Waals surface area contributed by atoms with Gasteiger partial charge in [0, 0.05) is 18.8 Å². The molecule has 0 aliphatic rings. The molecule has 2 nitrogen and oxygen atoms in total. The lowest BCUT2D eigenvalue weighted by molar-refractivity contribution is 0.360. The molecule has 96 valence electrons. The Hall–Kier alpha value is -0.670. The molecule has 0 aliphatic heterocycles. The zero-order valence-electron chi connectivity index (χ0n) is 11.3. The highest BCUT2D eigenvalue weighted by molar-refractivity contribution is 7.80. The van der Waals surface area contributed by atoms with E-state index in [1.165, 1.54) is 16.7 Å². The summed E-state index contributed by atoms with van der Waals surface area (Å²) in [5, 5.41) is 0. The summed E-state index contributed by atoms with van der Waals surface area (Å²) in [4.78, 5) is 2.31. The molecule has 3 heteroatoms. The van der Waals surface area contributed by atoms with Crippen LogP contribution in [0.3, 0.4) is 0 Å². The molecule has 0 saturated heterocycles. The van der Waals surface area contributed by atoms with Gasteiger partial charge in [-0.1, -0.05) is 6.07 Å². The van der Waals surface area contributed by atoms with Gasteiger partial charge >= 0.3 is 0 Å². The van der Waals surface area contributed by atoms with Crippen LogP contribution >= 0.6 is 12.6 Å². The van der Waals surface area contributed by atoms with Gasteiger partial charge in [0.25, 0.3) is 0 Å². The molecule has 1 rings (SSSR count). The summed E-state index contributed by atoms with van der Waals surface area (Å²) in [7, 11) is 3.86. The highest BCUT2D eigenvalue weighted by atomic mass is 32.1. The Morgan fingerprint density at radius 2 is 1.88 bits per heavy atom. The average molecular weight is 253 g/mol. The Morgan fingerprint density at radius 3 is 2.47 bits per heavy atom. The smallest absolute Gasteiger partial charge is 0.122 e. The summed E-state index contributed by atoms with van der Waals surface area (Å²) in [5.74, 6) is 1.90. The Kier molecular flexibility index (Phi) is 5.86. The summed E-state index contributed by atoms with van der Waals surface area (Å²) in [6, 6.07) is 4.37. The van der Waals surface area contributed by atoms with Gasteiger partial charge in [-0.3, -0.25) is 0 Å². The number of aryl methyl sites for hydroxylation is 2. The number of rotatable bonds is 6. The van der Waals surface area contributed by atoms with Gasteiger partial charge in [-0.05, 0) is 50.1 Å². The number of methoxy groups -OCH3 is 1. The van der Waals surface area contributed by atoms with Crippen LogP contribution < -0.4 is 4.74 Å². The molecule has 0 spiro atoms. The Morgan fingerprint density at radius 1 is 1.18 bits per heavy atom. The predicted octanol–water partition coefficient (Wildman–Crippen LogP) is 2.72. The molecule has 0 unspecified atom stereocenters. The Balaban J connectivity index is 2.68. The van der Waals surface area contributed by atoms with Crippen LogP contribution in [0.2, 0.25) is 0 Å². The fraction of sp³-hybridized carbons (Fsp3) is 0.571. The van der Waals surface area contributed by atoms with Crippen molar-refractivity contribution in [3.05, 3.63) is 28.8 Å². The van der Waals surface area contributed by atoms with Gasteiger partial charge in [0.05, 0.1) is 7.11 Å². The summed E-state index contributed by atoms with van der Waals surface area (Å²) in [6.07, 6.45) is 1.08. The zero-order valence-corrected chi connectivity index (χ0v) is 12.2. The first-order valence-corrected chi connectivity index (χ1v) is 6.65. The quantitative estimate of drug-likeness (QED) is 0.783. The normalized spacial score (nSPS) is 10.9. The van der Waals surface area contributed by atoms with E-state index in [0.717, 1.165) is 31.0 Å². The molecule has 0 heterocycles. The second-order valence-electron chi connectivity index (χ2n) is 4.53. The molecule has 0 bridgehead atoms. The lowest BCUT2D eigenvalue weighted by Gasteiger charge is -2.17. The van der Waals surface area contributed by atoms with Gasteiger partial charge in [0.15, 0.2) is 0 Å². The third-order valence-electron chi connectivity index (χ3n) is 3.10. The van der Waals surface area contributed by atoms with Crippen LogP contribution in [0.15, 0.2) is 12.1 Å². The van der Waals surface area contributed by atoms with Gasteiger partial charge < -0.3 is 9.64 Å². The van der Waals surface area contributed by atoms with E-state index in [9.17, 15) is 0 Å². The van der Waals surface area contributed by atoms with Crippen molar-refractivity contribution < 1.29 is 4.74 Å². The molecule has 1 aromatic carbocycles. The topological polar surface area (TPSA) is 12.5 Å². The highest BCUT2D eigenvalue weighted by Gasteiger charge is 2.06. The maximum atomic E-state index is 5.32. The van der Waals surface area contributed by atoms with Gasteiger partial charge in [0.2, 0.25) is 0 Å². The maximum Gasteiger partial charge on any atom is 0.122 e. The van der Waals surface area contributed by atoms with Crippen LogP contribution in [0.25, 0.3) is 0 Å². The van der Waals surface area contributed by atoms with Crippen molar-refractivity contribution in [2.24, 2.45) is 0 Å². The van der Waals surface area contributed by atoms with Crippen molar-refractivity contribution in [3.8, 4) is 5.75 Å². The molecule has 17 heavy (non-hydrogen) atoms. The molecule has 0 N–H and O–H groups in total. The van der Waals surface area contributed by atoms with Crippen LogP contribution in [0, 0.1) is 13.8 Å². The first-order valence-electron chi connectivity index (χ1n) is 6.02. The molecule has 0 radical (unpaired) electrons. The SMILES string of the molecule is COc1cc(C)c(CCN(C)CCS)cc1C. The lowest BCUT2D eigenvalue weighted by Crippen LogP contribution is -2.23. The van der Waals surface area contributed by atoms with Crippen molar-refractivity contribution in [1.82, 2.24) is 4.90 Å². The first kappa shape index (κ1) is 14.4. The maximum absolute atomic E-state index is 5.32. The molecule has 0 aromatic heterocycles. The van der Waals surface area contributed by atoms with Crippen LogP contribution in [0.4, 0.5) is 0 Å². The summed E-state index contributed by atoms with van der Waals surface area (Å²) >= 11 is 4.24. The Bertz CT molecular complexity index is 365. The summed E-state index contributed by atoms with van der Waals surface area (Å²) in [6.45, 7) is 6.36. The standard InChI is InChI=1S/C14H23NOS/c1-11-10-14(16-4)12(2)9-13(11)5-6-15(3)7-8-17/h9-10,17H,5-8H2,1-4H3. The molecule has 0 amide bonds. The van der Waals surface area contributed by atoms with Crippen LogP contribution in [-0.2, 0) is 6.42 Å². The first-order chi connectivity index (χ1) is 8.08. The van der Waals surface area contributed by atoms with E-state index >= 15 is 0 Å². The monoisotopic (exact) mass is 253 g/mol. The number of benzene rings is 1. The molecule has 0 aliphatic carbocycles. The van der Waals surface area contributed by atoms with Crippen LogP contribution in [0.1, 0.15) is 16.7 Å². The van der Waals surface area contributed by atoms with Crippen molar-refractivity contribution in [2.45, 2.75) is 20.3 Å². The zero-order chi connectivity index (χ0) is 12.8. The predicted molar refractivity (Wildman–Crippen MR) is 77.5 cm³/mol. The third kappa shape index (κ3) is 4.25.